The fourth-order valence-electron chi connectivity index (χ4n) is 3.39. The molecule has 2 aromatic carbocycles. The minimum Gasteiger partial charge on any atom is -0.395 e. The lowest BCUT2D eigenvalue weighted by atomic mass is 10.1. The fraction of sp³-hybridized carbons (Fsp3) is 0.364. The zero-order valence-corrected chi connectivity index (χ0v) is 16.4. The fourth-order valence-corrected chi connectivity index (χ4v) is 3.39. The Morgan fingerprint density at radius 2 is 1.93 bits per heavy atom. The Hall–Kier alpha value is -2.86. The topological polar surface area (TPSA) is 72.9 Å². The summed E-state index contributed by atoms with van der Waals surface area (Å²) < 4.78 is 0. The molecule has 1 aliphatic heterocycles. The molecule has 3 rings (SSSR count). The second-order valence-corrected chi connectivity index (χ2v) is 7.25. The number of benzene rings is 2. The van der Waals surface area contributed by atoms with Crippen LogP contribution in [0.25, 0.3) is 0 Å². The number of aliphatic hydroxyl groups excluding tert-OH is 1. The second kappa shape index (κ2) is 8.89. The van der Waals surface area contributed by atoms with Crippen LogP contribution in [-0.4, -0.2) is 47.7 Å². The molecule has 1 saturated heterocycles. The molecule has 0 radical (unpaired) electrons. The average Bonchev–Trinajstić information content (AvgIpc) is 3.04. The molecule has 1 aliphatic rings. The van der Waals surface area contributed by atoms with Crippen LogP contribution in [0.15, 0.2) is 48.5 Å². The second-order valence-electron chi connectivity index (χ2n) is 7.25. The van der Waals surface area contributed by atoms with E-state index in [4.69, 9.17) is 0 Å². The lowest BCUT2D eigenvalue weighted by molar-refractivity contribution is -0.117. The summed E-state index contributed by atoms with van der Waals surface area (Å²) in [6.07, 6.45) is 0.275. The molecule has 0 aromatic heterocycles. The first kappa shape index (κ1) is 19.9. The third-order valence-electron chi connectivity index (χ3n) is 5.13. The van der Waals surface area contributed by atoms with E-state index < -0.39 is 0 Å². The molecule has 0 saturated carbocycles. The Morgan fingerprint density at radius 1 is 1.18 bits per heavy atom. The van der Waals surface area contributed by atoms with Gasteiger partial charge in [0.25, 0.3) is 0 Å². The molecule has 2 aromatic rings. The summed E-state index contributed by atoms with van der Waals surface area (Å²) in [5, 5.41) is 12.3. The van der Waals surface area contributed by atoms with Gasteiger partial charge in [-0.25, -0.2) is 4.79 Å². The Balaban J connectivity index is 1.64. The van der Waals surface area contributed by atoms with Gasteiger partial charge in [0, 0.05) is 31.7 Å². The number of carbonyl (C=O) groups is 2. The third kappa shape index (κ3) is 4.70. The Labute approximate surface area is 165 Å². The molecular formula is C22H27N3O3. The maximum atomic E-state index is 12.7. The number of hydrogen-bond acceptors (Lipinski definition) is 3. The molecule has 2 N–H and O–H groups in total. The zero-order chi connectivity index (χ0) is 20.1. The number of aliphatic hydroxyl groups is 1. The first-order valence-corrected chi connectivity index (χ1v) is 9.55. The van der Waals surface area contributed by atoms with Crippen molar-refractivity contribution in [1.82, 2.24) is 10.2 Å². The number of anilines is 1. The standard InChI is InChI=1S/C22H27N3O3/c1-16-8-9-20(12-17(16)2)25-15-19(13-21(25)27)23-22(28)24(10-11-26)14-18-6-4-3-5-7-18/h3-9,12,19,26H,10-11,13-15H2,1-2H3,(H,23,28). The monoisotopic (exact) mass is 381 g/mol. The number of rotatable bonds is 6. The summed E-state index contributed by atoms with van der Waals surface area (Å²) in [5.74, 6) is 0.00493. The largest absolute Gasteiger partial charge is 0.395 e. The molecule has 0 bridgehead atoms. The number of amides is 3. The molecule has 1 heterocycles. The number of carbonyl (C=O) groups excluding carboxylic acids is 2. The Bertz CT molecular complexity index is 838. The van der Waals surface area contributed by atoms with Gasteiger partial charge in [0.05, 0.1) is 12.6 Å². The van der Waals surface area contributed by atoms with E-state index in [-0.39, 0.29) is 37.6 Å². The van der Waals surface area contributed by atoms with Gasteiger partial charge in [-0.2, -0.15) is 0 Å². The van der Waals surface area contributed by atoms with Crippen molar-refractivity contribution in [3.8, 4) is 0 Å². The summed E-state index contributed by atoms with van der Waals surface area (Å²) in [6.45, 7) is 5.05. The Morgan fingerprint density at radius 3 is 2.61 bits per heavy atom. The minimum absolute atomic E-state index is 0.00493. The van der Waals surface area contributed by atoms with Gasteiger partial charge in [-0.3, -0.25) is 4.79 Å². The van der Waals surface area contributed by atoms with Gasteiger partial charge in [0.2, 0.25) is 5.91 Å². The number of urea groups is 1. The van der Waals surface area contributed by atoms with Gasteiger partial charge in [0.15, 0.2) is 0 Å². The van der Waals surface area contributed by atoms with Crippen molar-refractivity contribution in [2.24, 2.45) is 0 Å². The zero-order valence-electron chi connectivity index (χ0n) is 16.4. The summed E-state index contributed by atoms with van der Waals surface area (Å²) in [7, 11) is 0. The first-order chi connectivity index (χ1) is 13.5. The number of hydrogen-bond donors (Lipinski definition) is 2. The van der Waals surface area contributed by atoms with Crippen molar-refractivity contribution in [3.63, 3.8) is 0 Å². The maximum absolute atomic E-state index is 12.7. The molecule has 6 heteroatoms. The van der Waals surface area contributed by atoms with E-state index in [0.717, 1.165) is 16.8 Å². The highest BCUT2D eigenvalue weighted by Crippen LogP contribution is 2.24. The van der Waals surface area contributed by atoms with E-state index in [1.54, 1.807) is 9.80 Å². The normalized spacial score (nSPS) is 16.3. The molecule has 0 spiro atoms. The predicted octanol–water partition coefficient (Wildman–Crippen LogP) is 2.61. The van der Waals surface area contributed by atoms with Gasteiger partial charge in [0.1, 0.15) is 0 Å². The first-order valence-electron chi connectivity index (χ1n) is 9.55. The number of aryl methyl sites for hydroxylation is 2. The SMILES string of the molecule is Cc1ccc(N2CC(NC(=O)N(CCO)Cc3ccccc3)CC2=O)cc1C. The van der Waals surface area contributed by atoms with Crippen LogP contribution < -0.4 is 10.2 Å². The summed E-state index contributed by atoms with van der Waals surface area (Å²) in [5.41, 5.74) is 4.17. The van der Waals surface area contributed by atoms with Crippen LogP contribution in [0.2, 0.25) is 0 Å². The van der Waals surface area contributed by atoms with Gasteiger partial charge in [-0.15, -0.1) is 0 Å². The highest BCUT2D eigenvalue weighted by Gasteiger charge is 2.32. The van der Waals surface area contributed by atoms with Gasteiger partial charge in [-0.05, 0) is 42.7 Å². The van der Waals surface area contributed by atoms with Crippen molar-refractivity contribution in [2.75, 3.05) is 24.6 Å². The van der Waals surface area contributed by atoms with Crippen LogP contribution in [0.1, 0.15) is 23.1 Å². The number of nitrogens with zero attached hydrogens (tertiary/aromatic N) is 2. The van der Waals surface area contributed by atoms with Gasteiger partial charge < -0.3 is 20.2 Å². The van der Waals surface area contributed by atoms with Crippen molar-refractivity contribution in [3.05, 3.63) is 65.2 Å². The van der Waals surface area contributed by atoms with Gasteiger partial charge in [-0.1, -0.05) is 36.4 Å². The average molecular weight is 381 g/mol. The molecule has 1 unspecified atom stereocenters. The lowest BCUT2D eigenvalue weighted by Crippen LogP contribution is -2.46. The van der Waals surface area contributed by atoms with Gasteiger partial charge >= 0.3 is 6.03 Å². The van der Waals surface area contributed by atoms with E-state index in [9.17, 15) is 14.7 Å². The van der Waals surface area contributed by atoms with E-state index in [2.05, 4.69) is 5.32 Å². The molecule has 3 amide bonds. The van der Waals surface area contributed by atoms with Crippen LogP contribution >= 0.6 is 0 Å². The van der Waals surface area contributed by atoms with E-state index in [0.29, 0.717) is 13.1 Å². The summed E-state index contributed by atoms with van der Waals surface area (Å²) in [4.78, 5) is 28.5. The molecule has 1 atom stereocenters. The molecule has 1 fully saturated rings. The molecule has 6 nitrogen and oxygen atoms in total. The van der Waals surface area contributed by atoms with Crippen LogP contribution in [-0.2, 0) is 11.3 Å². The lowest BCUT2D eigenvalue weighted by Gasteiger charge is -2.24. The van der Waals surface area contributed by atoms with Crippen LogP contribution in [0.4, 0.5) is 10.5 Å². The summed E-state index contributed by atoms with van der Waals surface area (Å²) >= 11 is 0. The minimum atomic E-state index is -0.266. The van der Waals surface area contributed by atoms with E-state index in [1.807, 2.05) is 62.4 Å². The molecule has 28 heavy (non-hydrogen) atoms. The van der Waals surface area contributed by atoms with Crippen molar-refractivity contribution >= 4 is 17.6 Å². The summed E-state index contributed by atoms with van der Waals surface area (Å²) in [6, 6.07) is 15.1. The van der Waals surface area contributed by atoms with E-state index >= 15 is 0 Å². The van der Waals surface area contributed by atoms with Crippen molar-refractivity contribution in [2.45, 2.75) is 32.9 Å². The highest BCUT2D eigenvalue weighted by molar-refractivity contribution is 5.97. The maximum Gasteiger partial charge on any atom is 0.318 e. The third-order valence-corrected chi connectivity index (χ3v) is 5.13. The van der Waals surface area contributed by atoms with E-state index in [1.165, 1.54) is 5.56 Å². The highest BCUT2D eigenvalue weighted by atomic mass is 16.3. The van der Waals surface area contributed by atoms with Crippen LogP contribution in [0.5, 0.6) is 0 Å². The molecule has 0 aliphatic carbocycles. The quantitative estimate of drug-likeness (QED) is 0.808. The number of nitrogens with one attached hydrogen (secondary N) is 1. The predicted molar refractivity (Wildman–Crippen MR) is 109 cm³/mol. The molecule has 148 valence electrons. The van der Waals surface area contributed by atoms with Crippen molar-refractivity contribution in [1.29, 1.82) is 0 Å². The van der Waals surface area contributed by atoms with Crippen molar-refractivity contribution < 1.29 is 14.7 Å². The molecular weight excluding hydrogens is 354 g/mol. The van der Waals surface area contributed by atoms with Crippen LogP contribution in [0, 0.1) is 13.8 Å². The smallest absolute Gasteiger partial charge is 0.318 e. The van der Waals surface area contributed by atoms with Crippen LogP contribution in [0.3, 0.4) is 0 Å². The Kier molecular flexibility index (Phi) is 6.31.